The first-order chi connectivity index (χ1) is 15.0. The Hall–Kier alpha value is -2.29. The van der Waals surface area contributed by atoms with Gasteiger partial charge in [-0.3, -0.25) is 24.6 Å². The van der Waals surface area contributed by atoms with E-state index in [1.54, 1.807) is 4.90 Å². The second-order valence-electron chi connectivity index (χ2n) is 9.24. The number of nitrogens with one attached hydrogen (secondary N) is 1. The van der Waals surface area contributed by atoms with Crippen LogP contribution in [0.1, 0.15) is 53.6 Å². The summed E-state index contributed by atoms with van der Waals surface area (Å²) in [5, 5.41) is 2.37. The van der Waals surface area contributed by atoms with Crippen LogP contribution in [0.2, 0.25) is 0 Å². The lowest BCUT2D eigenvalue weighted by Crippen LogP contribution is -2.52. The van der Waals surface area contributed by atoms with Crippen LogP contribution in [0, 0.1) is 5.92 Å². The molecule has 0 saturated carbocycles. The van der Waals surface area contributed by atoms with E-state index in [4.69, 9.17) is 10.5 Å². The van der Waals surface area contributed by atoms with E-state index >= 15 is 0 Å². The molecule has 8 heteroatoms. The molecule has 3 atom stereocenters. The molecule has 166 valence electrons. The average Bonchev–Trinajstić information content (AvgIpc) is 3.33. The Balaban J connectivity index is 1.25. The van der Waals surface area contributed by atoms with Gasteiger partial charge in [0.2, 0.25) is 11.8 Å². The summed E-state index contributed by atoms with van der Waals surface area (Å²) < 4.78 is 5.88. The Labute approximate surface area is 182 Å². The summed E-state index contributed by atoms with van der Waals surface area (Å²) in [5.74, 6) is -0.218. The normalized spacial score (nSPS) is 30.0. The van der Waals surface area contributed by atoms with Crippen LogP contribution in [0.5, 0.6) is 0 Å². The van der Waals surface area contributed by atoms with E-state index in [-0.39, 0.29) is 36.3 Å². The van der Waals surface area contributed by atoms with Gasteiger partial charge in [-0.2, -0.15) is 0 Å². The minimum Gasteiger partial charge on any atom is -0.376 e. The van der Waals surface area contributed by atoms with E-state index in [1.165, 1.54) is 0 Å². The standard InChI is InChI=1S/C23H30N4O4/c24-18-8-11-31-21(18)14-6-9-26(10-7-14)12-15-2-1-3-16-17(15)13-27(23(16)30)19-4-5-20(28)25-22(19)29/h1-3,14,18-19,21H,4-13,24H2,(H,25,28,29)/t18-,19?,21+/m1/s1. The van der Waals surface area contributed by atoms with Gasteiger partial charge in [0.1, 0.15) is 6.04 Å². The molecule has 0 aromatic heterocycles. The summed E-state index contributed by atoms with van der Waals surface area (Å²) in [5.41, 5.74) is 9.06. The molecule has 31 heavy (non-hydrogen) atoms. The Morgan fingerprint density at radius 2 is 1.90 bits per heavy atom. The second kappa shape index (κ2) is 8.33. The van der Waals surface area contributed by atoms with Gasteiger partial charge >= 0.3 is 0 Å². The Morgan fingerprint density at radius 1 is 1.10 bits per heavy atom. The van der Waals surface area contributed by atoms with Crippen molar-refractivity contribution in [2.24, 2.45) is 11.7 Å². The number of imide groups is 1. The van der Waals surface area contributed by atoms with Crippen molar-refractivity contribution in [3.8, 4) is 0 Å². The van der Waals surface area contributed by atoms with Crippen LogP contribution in [-0.4, -0.2) is 65.4 Å². The number of fused-ring (bicyclic) bond motifs is 1. The zero-order valence-electron chi connectivity index (χ0n) is 17.7. The van der Waals surface area contributed by atoms with Crippen molar-refractivity contribution in [1.82, 2.24) is 15.1 Å². The van der Waals surface area contributed by atoms with Crippen molar-refractivity contribution in [3.63, 3.8) is 0 Å². The summed E-state index contributed by atoms with van der Waals surface area (Å²) in [6.45, 7) is 3.99. The smallest absolute Gasteiger partial charge is 0.255 e. The lowest BCUT2D eigenvalue weighted by Gasteiger charge is -2.35. The molecule has 3 N–H and O–H groups in total. The van der Waals surface area contributed by atoms with Crippen molar-refractivity contribution in [3.05, 3.63) is 34.9 Å². The van der Waals surface area contributed by atoms with E-state index in [0.717, 1.165) is 56.6 Å². The number of ether oxygens (including phenoxy) is 1. The molecule has 4 heterocycles. The van der Waals surface area contributed by atoms with Crippen LogP contribution >= 0.6 is 0 Å². The summed E-state index contributed by atoms with van der Waals surface area (Å²) in [6.07, 6.45) is 3.97. The molecule has 8 nitrogen and oxygen atoms in total. The van der Waals surface area contributed by atoms with Gasteiger partial charge in [-0.15, -0.1) is 0 Å². The minimum atomic E-state index is -0.572. The maximum absolute atomic E-state index is 13.0. The second-order valence-corrected chi connectivity index (χ2v) is 9.24. The van der Waals surface area contributed by atoms with Crippen molar-refractivity contribution < 1.29 is 19.1 Å². The molecule has 1 unspecified atom stereocenters. The highest BCUT2D eigenvalue weighted by Crippen LogP contribution is 2.32. The molecule has 4 aliphatic heterocycles. The SMILES string of the molecule is N[C@@H]1CCO[C@H]1C1CCN(Cc2cccc3c2CN(C2CCC(=O)NC2=O)C3=O)CC1. The van der Waals surface area contributed by atoms with Crippen LogP contribution < -0.4 is 11.1 Å². The van der Waals surface area contributed by atoms with Crippen LogP contribution in [0.4, 0.5) is 0 Å². The Kier molecular flexibility index (Phi) is 5.54. The number of amides is 3. The van der Waals surface area contributed by atoms with Gasteiger partial charge in [0.05, 0.1) is 6.10 Å². The Bertz CT molecular complexity index is 896. The number of carbonyl (C=O) groups is 3. The third-order valence-electron chi connectivity index (χ3n) is 7.35. The number of hydrogen-bond acceptors (Lipinski definition) is 6. The van der Waals surface area contributed by atoms with Gasteiger partial charge in [0.15, 0.2) is 0 Å². The fourth-order valence-electron chi connectivity index (χ4n) is 5.59. The Morgan fingerprint density at radius 3 is 2.61 bits per heavy atom. The molecule has 5 rings (SSSR count). The van der Waals surface area contributed by atoms with Gasteiger partial charge in [-0.25, -0.2) is 0 Å². The maximum Gasteiger partial charge on any atom is 0.255 e. The molecule has 3 amide bonds. The topological polar surface area (TPSA) is 105 Å². The van der Waals surface area contributed by atoms with Crippen molar-refractivity contribution in [1.29, 1.82) is 0 Å². The first-order valence-electron chi connectivity index (χ1n) is 11.4. The molecule has 4 aliphatic rings. The number of hydrogen-bond donors (Lipinski definition) is 2. The summed E-state index contributed by atoms with van der Waals surface area (Å²) >= 11 is 0. The van der Waals surface area contributed by atoms with Crippen molar-refractivity contribution >= 4 is 17.7 Å². The van der Waals surface area contributed by atoms with Crippen LogP contribution in [0.3, 0.4) is 0 Å². The number of benzene rings is 1. The van der Waals surface area contributed by atoms with Gasteiger partial charge in [0.25, 0.3) is 5.91 Å². The zero-order chi connectivity index (χ0) is 21.5. The van der Waals surface area contributed by atoms with Crippen LogP contribution in [0.15, 0.2) is 18.2 Å². The van der Waals surface area contributed by atoms with Crippen molar-refractivity contribution in [2.75, 3.05) is 19.7 Å². The van der Waals surface area contributed by atoms with E-state index in [2.05, 4.69) is 16.3 Å². The summed E-state index contributed by atoms with van der Waals surface area (Å²) in [4.78, 5) is 40.9. The number of likely N-dealkylation sites (tertiary alicyclic amines) is 1. The maximum atomic E-state index is 13.0. The largest absolute Gasteiger partial charge is 0.376 e. The highest BCUT2D eigenvalue weighted by atomic mass is 16.5. The van der Waals surface area contributed by atoms with Crippen molar-refractivity contribution in [2.45, 2.75) is 63.4 Å². The molecule has 0 radical (unpaired) electrons. The van der Waals surface area contributed by atoms with Crippen LogP contribution in [-0.2, 0) is 27.4 Å². The van der Waals surface area contributed by atoms with Gasteiger partial charge in [-0.1, -0.05) is 12.1 Å². The molecule has 0 spiro atoms. The fourth-order valence-corrected chi connectivity index (χ4v) is 5.59. The third kappa shape index (κ3) is 3.88. The average molecular weight is 427 g/mol. The number of carbonyl (C=O) groups excluding carboxylic acids is 3. The molecule has 1 aromatic carbocycles. The summed E-state index contributed by atoms with van der Waals surface area (Å²) in [7, 11) is 0. The first kappa shape index (κ1) is 20.6. The quantitative estimate of drug-likeness (QED) is 0.690. The molecule has 0 bridgehead atoms. The molecular weight excluding hydrogens is 396 g/mol. The predicted octanol–water partition coefficient (Wildman–Crippen LogP) is 0.776. The zero-order valence-corrected chi connectivity index (χ0v) is 17.7. The van der Waals surface area contributed by atoms with Gasteiger partial charge in [-0.05, 0) is 61.9 Å². The van der Waals surface area contributed by atoms with Gasteiger partial charge in [0, 0.05) is 37.7 Å². The predicted molar refractivity (Wildman–Crippen MR) is 113 cm³/mol. The van der Waals surface area contributed by atoms with Gasteiger partial charge < -0.3 is 15.4 Å². The molecule has 3 saturated heterocycles. The number of nitrogens with zero attached hydrogens (tertiary/aromatic N) is 2. The summed E-state index contributed by atoms with van der Waals surface area (Å²) in [6, 6.07) is 5.45. The van der Waals surface area contributed by atoms with E-state index in [0.29, 0.717) is 24.4 Å². The monoisotopic (exact) mass is 426 g/mol. The van der Waals surface area contributed by atoms with E-state index in [1.807, 2.05) is 12.1 Å². The highest BCUT2D eigenvalue weighted by Gasteiger charge is 2.40. The van der Waals surface area contributed by atoms with E-state index in [9.17, 15) is 14.4 Å². The number of piperidine rings is 2. The molecule has 1 aromatic rings. The third-order valence-corrected chi connectivity index (χ3v) is 7.35. The first-order valence-corrected chi connectivity index (χ1v) is 11.4. The number of rotatable bonds is 4. The molecular formula is C23H30N4O4. The minimum absolute atomic E-state index is 0.113. The lowest BCUT2D eigenvalue weighted by molar-refractivity contribution is -0.136. The van der Waals surface area contributed by atoms with Crippen LogP contribution in [0.25, 0.3) is 0 Å². The molecule has 3 fully saturated rings. The number of nitrogens with two attached hydrogens (primary N) is 1. The van der Waals surface area contributed by atoms with E-state index < -0.39 is 6.04 Å². The lowest BCUT2D eigenvalue weighted by atomic mass is 9.87. The highest BCUT2D eigenvalue weighted by molar-refractivity contribution is 6.05. The molecule has 0 aliphatic carbocycles. The fraction of sp³-hybridized carbons (Fsp3) is 0.609.